The summed E-state index contributed by atoms with van der Waals surface area (Å²) in [5.74, 6) is -0.932. The molecule has 90 valence electrons. The van der Waals surface area contributed by atoms with E-state index in [1.54, 1.807) is 11.4 Å². The van der Waals surface area contributed by atoms with Gasteiger partial charge in [0.25, 0.3) is 0 Å². The van der Waals surface area contributed by atoms with Gasteiger partial charge in [-0.3, -0.25) is 4.90 Å². The maximum absolute atomic E-state index is 10.9. The molecule has 16 heavy (non-hydrogen) atoms. The van der Waals surface area contributed by atoms with Gasteiger partial charge in [0.15, 0.2) is 0 Å². The van der Waals surface area contributed by atoms with Gasteiger partial charge in [0.1, 0.15) is 4.88 Å². The molecule has 0 bridgehead atoms. The molecule has 0 spiro atoms. The highest BCUT2D eigenvalue weighted by atomic mass is 32.1. The van der Waals surface area contributed by atoms with Crippen LogP contribution in [0, 0.1) is 0 Å². The molecular weight excluding hydrogens is 230 g/mol. The van der Waals surface area contributed by atoms with Crippen molar-refractivity contribution in [3.05, 3.63) is 21.9 Å². The molecule has 0 unspecified atom stereocenters. The number of nitrogens with zero attached hydrogens (tertiary/aromatic N) is 1. The first-order valence-electron chi connectivity index (χ1n) is 4.92. The summed E-state index contributed by atoms with van der Waals surface area (Å²) < 4.78 is 0. The third-order valence-electron chi connectivity index (χ3n) is 2.17. The van der Waals surface area contributed by atoms with Gasteiger partial charge in [-0.2, -0.15) is 0 Å². The minimum Gasteiger partial charge on any atom is -0.477 e. The minimum atomic E-state index is -0.932. The molecule has 1 aromatic rings. The molecule has 0 saturated carbocycles. The van der Waals surface area contributed by atoms with Gasteiger partial charge in [-0.1, -0.05) is 0 Å². The monoisotopic (exact) mass is 245 g/mol. The third-order valence-corrected chi connectivity index (χ3v) is 3.11. The number of carboxylic acid groups (broad SMARTS) is 1. The number of aromatic carboxylic acids is 1. The Hall–Kier alpha value is -0.950. The molecule has 5 nitrogen and oxygen atoms in total. The van der Waals surface area contributed by atoms with Gasteiger partial charge >= 0.3 is 5.97 Å². The first-order chi connectivity index (χ1) is 7.69. The Balaban J connectivity index is 2.68. The quantitative estimate of drug-likeness (QED) is 0.641. The van der Waals surface area contributed by atoms with Crippen molar-refractivity contribution < 1.29 is 20.1 Å². The van der Waals surface area contributed by atoms with Crippen LogP contribution >= 0.6 is 11.3 Å². The molecule has 0 amide bonds. The van der Waals surface area contributed by atoms with E-state index < -0.39 is 5.97 Å². The van der Waals surface area contributed by atoms with E-state index in [-0.39, 0.29) is 13.2 Å². The molecular formula is C10H15NO4S. The van der Waals surface area contributed by atoms with Gasteiger partial charge in [0, 0.05) is 19.6 Å². The van der Waals surface area contributed by atoms with Crippen molar-refractivity contribution in [3.63, 3.8) is 0 Å². The molecule has 0 aliphatic carbocycles. The summed E-state index contributed by atoms with van der Waals surface area (Å²) in [5, 5.41) is 28.3. The van der Waals surface area contributed by atoms with E-state index in [0.29, 0.717) is 24.5 Å². The molecule has 0 radical (unpaired) electrons. The second kappa shape index (κ2) is 6.59. The van der Waals surface area contributed by atoms with Crippen LogP contribution in [0.1, 0.15) is 15.2 Å². The lowest BCUT2D eigenvalue weighted by molar-refractivity contribution is 0.0699. The van der Waals surface area contributed by atoms with Crippen molar-refractivity contribution in [1.29, 1.82) is 0 Å². The number of aliphatic hydroxyl groups is 2. The number of hydrogen-bond donors (Lipinski definition) is 3. The van der Waals surface area contributed by atoms with Gasteiger partial charge in [0.2, 0.25) is 0 Å². The molecule has 0 aliphatic rings. The Labute approximate surface area is 97.6 Å². The summed E-state index contributed by atoms with van der Waals surface area (Å²) in [6.07, 6.45) is 0. The number of carbonyl (C=O) groups is 1. The molecule has 0 aliphatic heterocycles. The van der Waals surface area contributed by atoms with Crippen molar-refractivity contribution >= 4 is 17.3 Å². The van der Waals surface area contributed by atoms with Gasteiger partial charge in [-0.05, 0) is 17.0 Å². The van der Waals surface area contributed by atoms with E-state index in [0.717, 1.165) is 5.56 Å². The molecule has 6 heteroatoms. The molecule has 0 aromatic carbocycles. The number of aliphatic hydroxyl groups excluding tert-OH is 2. The summed E-state index contributed by atoms with van der Waals surface area (Å²) in [6, 6.07) is 1.76. The summed E-state index contributed by atoms with van der Waals surface area (Å²) in [4.78, 5) is 13.0. The van der Waals surface area contributed by atoms with Crippen LogP contribution in [0.25, 0.3) is 0 Å². The Morgan fingerprint density at radius 3 is 2.44 bits per heavy atom. The van der Waals surface area contributed by atoms with Crippen molar-refractivity contribution in [1.82, 2.24) is 4.90 Å². The molecule has 0 atom stereocenters. The Kier molecular flexibility index (Phi) is 5.41. The normalized spacial score (nSPS) is 10.9. The Morgan fingerprint density at radius 2 is 1.94 bits per heavy atom. The van der Waals surface area contributed by atoms with Crippen LogP contribution < -0.4 is 0 Å². The molecule has 0 saturated heterocycles. The molecule has 1 rings (SSSR count). The Morgan fingerprint density at radius 1 is 1.31 bits per heavy atom. The van der Waals surface area contributed by atoms with Crippen LogP contribution in [-0.4, -0.2) is 52.5 Å². The largest absolute Gasteiger partial charge is 0.477 e. The second-order valence-corrected chi connectivity index (χ2v) is 4.22. The fourth-order valence-electron chi connectivity index (χ4n) is 1.44. The van der Waals surface area contributed by atoms with E-state index in [4.69, 9.17) is 15.3 Å². The fourth-order valence-corrected chi connectivity index (χ4v) is 2.19. The zero-order chi connectivity index (χ0) is 12.0. The van der Waals surface area contributed by atoms with Crippen LogP contribution in [0.3, 0.4) is 0 Å². The van der Waals surface area contributed by atoms with Crippen molar-refractivity contribution in [2.75, 3.05) is 26.3 Å². The van der Waals surface area contributed by atoms with Crippen LogP contribution in [0.2, 0.25) is 0 Å². The van der Waals surface area contributed by atoms with Crippen molar-refractivity contribution in [2.24, 2.45) is 0 Å². The van der Waals surface area contributed by atoms with Gasteiger partial charge in [0.05, 0.1) is 13.2 Å². The zero-order valence-electron chi connectivity index (χ0n) is 8.80. The number of thiophene rings is 1. The summed E-state index contributed by atoms with van der Waals surface area (Å²) in [6.45, 7) is 1.27. The van der Waals surface area contributed by atoms with Crippen LogP contribution in [-0.2, 0) is 6.54 Å². The van der Waals surface area contributed by atoms with Gasteiger partial charge in [-0.25, -0.2) is 4.79 Å². The predicted octanol–water partition coefficient (Wildman–Crippen LogP) is 0.233. The number of carboxylic acids is 1. The molecule has 3 N–H and O–H groups in total. The van der Waals surface area contributed by atoms with Gasteiger partial charge in [-0.15, -0.1) is 11.3 Å². The highest BCUT2D eigenvalue weighted by Crippen LogP contribution is 2.18. The lowest BCUT2D eigenvalue weighted by Crippen LogP contribution is -2.29. The third kappa shape index (κ3) is 3.57. The average Bonchev–Trinajstić information content (AvgIpc) is 2.66. The van der Waals surface area contributed by atoms with E-state index >= 15 is 0 Å². The standard InChI is InChI=1S/C10H15NO4S/c12-4-2-11(3-5-13)7-8-1-6-16-9(8)10(14)15/h1,6,12-13H,2-5,7H2,(H,14,15). The summed E-state index contributed by atoms with van der Waals surface area (Å²) >= 11 is 1.18. The van der Waals surface area contributed by atoms with Crippen LogP contribution in [0.5, 0.6) is 0 Å². The predicted molar refractivity (Wildman–Crippen MR) is 60.7 cm³/mol. The van der Waals surface area contributed by atoms with E-state index in [1.165, 1.54) is 11.3 Å². The topological polar surface area (TPSA) is 81.0 Å². The molecule has 1 aromatic heterocycles. The van der Waals surface area contributed by atoms with Gasteiger partial charge < -0.3 is 15.3 Å². The average molecular weight is 245 g/mol. The maximum atomic E-state index is 10.9. The molecule has 0 fully saturated rings. The smallest absolute Gasteiger partial charge is 0.346 e. The van der Waals surface area contributed by atoms with Crippen molar-refractivity contribution in [2.45, 2.75) is 6.54 Å². The highest BCUT2D eigenvalue weighted by molar-refractivity contribution is 7.12. The van der Waals surface area contributed by atoms with Crippen molar-refractivity contribution in [3.8, 4) is 0 Å². The summed E-state index contributed by atoms with van der Waals surface area (Å²) in [7, 11) is 0. The number of hydrogen-bond acceptors (Lipinski definition) is 5. The lowest BCUT2D eigenvalue weighted by atomic mass is 10.2. The second-order valence-electron chi connectivity index (χ2n) is 3.30. The van der Waals surface area contributed by atoms with E-state index in [9.17, 15) is 4.79 Å². The van der Waals surface area contributed by atoms with E-state index in [1.807, 2.05) is 4.90 Å². The first-order valence-corrected chi connectivity index (χ1v) is 5.80. The minimum absolute atomic E-state index is 0.00740. The molecule has 1 heterocycles. The fraction of sp³-hybridized carbons (Fsp3) is 0.500. The highest BCUT2D eigenvalue weighted by Gasteiger charge is 2.14. The van der Waals surface area contributed by atoms with Crippen LogP contribution in [0.15, 0.2) is 11.4 Å². The maximum Gasteiger partial charge on any atom is 0.346 e. The Bertz CT molecular complexity index is 333. The summed E-state index contributed by atoms with van der Waals surface area (Å²) in [5.41, 5.74) is 0.722. The lowest BCUT2D eigenvalue weighted by Gasteiger charge is -2.19. The SMILES string of the molecule is O=C(O)c1sccc1CN(CCO)CCO. The zero-order valence-corrected chi connectivity index (χ0v) is 9.61. The first kappa shape index (κ1) is 13.1. The van der Waals surface area contributed by atoms with E-state index in [2.05, 4.69) is 0 Å². The van der Waals surface area contributed by atoms with Crippen LogP contribution in [0.4, 0.5) is 0 Å². The number of rotatable bonds is 7.